The van der Waals surface area contributed by atoms with Crippen molar-refractivity contribution in [3.63, 3.8) is 0 Å². The Morgan fingerprint density at radius 2 is 2.24 bits per heavy atom. The maximum absolute atomic E-state index is 13.3. The summed E-state index contributed by atoms with van der Waals surface area (Å²) in [6, 6.07) is 7.56. The molecule has 17 heavy (non-hydrogen) atoms. The van der Waals surface area contributed by atoms with Crippen molar-refractivity contribution >= 4 is 11.6 Å². The molecule has 0 spiro atoms. The molecule has 1 aromatic rings. The van der Waals surface area contributed by atoms with Gasteiger partial charge in [-0.3, -0.25) is 4.90 Å². The molecule has 0 radical (unpaired) electrons. The van der Waals surface area contributed by atoms with Crippen molar-refractivity contribution in [3.05, 3.63) is 34.6 Å². The fourth-order valence-corrected chi connectivity index (χ4v) is 2.10. The first-order valence-electron chi connectivity index (χ1n) is 5.76. The van der Waals surface area contributed by atoms with Crippen molar-refractivity contribution < 1.29 is 4.39 Å². The molecule has 2 rings (SSSR count). The van der Waals surface area contributed by atoms with Crippen LogP contribution >= 0.6 is 11.6 Å². The molecule has 90 valence electrons. The van der Waals surface area contributed by atoms with Gasteiger partial charge < -0.3 is 0 Å². The van der Waals surface area contributed by atoms with Gasteiger partial charge in [-0.05, 0) is 24.5 Å². The van der Waals surface area contributed by atoms with Crippen LogP contribution in [0.2, 0.25) is 5.02 Å². The van der Waals surface area contributed by atoms with E-state index in [0.29, 0.717) is 19.0 Å². The molecular weight excluding hydrogens is 239 g/mol. The van der Waals surface area contributed by atoms with Gasteiger partial charge in [-0.15, -0.1) is 0 Å². The summed E-state index contributed by atoms with van der Waals surface area (Å²) in [6.07, 6.45) is 2.83. The molecule has 0 atom stereocenters. The van der Waals surface area contributed by atoms with Crippen molar-refractivity contribution in [2.45, 2.75) is 31.8 Å². The summed E-state index contributed by atoms with van der Waals surface area (Å²) in [4.78, 5) is 2.21. The minimum Gasteiger partial charge on any atom is -0.295 e. The second-order valence-corrected chi connectivity index (χ2v) is 4.70. The highest BCUT2D eigenvalue weighted by Crippen LogP contribution is 2.30. The minimum absolute atomic E-state index is 0.204. The van der Waals surface area contributed by atoms with Crippen LogP contribution in [0.25, 0.3) is 0 Å². The highest BCUT2D eigenvalue weighted by Gasteiger charge is 2.29. The van der Waals surface area contributed by atoms with Crippen LogP contribution in [0.4, 0.5) is 4.39 Å². The lowest BCUT2D eigenvalue weighted by molar-refractivity contribution is 0.260. The Balaban J connectivity index is 2.06. The van der Waals surface area contributed by atoms with E-state index in [9.17, 15) is 4.39 Å². The molecule has 0 amide bonds. The molecule has 0 bridgehead atoms. The molecule has 0 saturated heterocycles. The van der Waals surface area contributed by atoms with Crippen LogP contribution in [0.15, 0.2) is 18.2 Å². The Bertz CT molecular complexity index is 438. The summed E-state index contributed by atoms with van der Waals surface area (Å²) < 4.78 is 13.3. The standard InChI is InChI=1S/C13H14ClFN2/c14-13-10(3-1-4-12(13)15)9-17(8-2-7-16)11-5-6-11/h1,3-4,11H,2,5-6,8-9H2. The van der Waals surface area contributed by atoms with Crippen molar-refractivity contribution in [3.8, 4) is 6.07 Å². The van der Waals surface area contributed by atoms with Crippen LogP contribution in [0.5, 0.6) is 0 Å². The predicted molar refractivity (Wildman–Crippen MR) is 65.1 cm³/mol. The van der Waals surface area contributed by atoms with Gasteiger partial charge in [-0.2, -0.15) is 5.26 Å². The first kappa shape index (κ1) is 12.3. The maximum atomic E-state index is 13.3. The fraction of sp³-hybridized carbons (Fsp3) is 0.462. The van der Waals surface area contributed by atoms with Gasteiger partial charge >= 0.3 is 0 Å². The van der Waals surface area contributed by atoms with Crippen molar-refractivity contribution in [1.82, 2.24) is 4.90 Å². The fourth-order valence-electron chi connectivity index (χ4n) is 1.91. The van der Waals surface area contributed by atoms with E-state index in [0.717, 1.165) is 12.1 Å². The Labute approximate surface area is 106 Å². The van der Waals surface area contributed by atoms with Gasteiger partial charge in [0, 0.05) is 25.6 Å². The van der Waals surface area contributed by atoms with E-state index in [1.165, 1.54) is 18.9 Å². The van der Waals surface area contributed by atoms with E-state index >= 15 is 0 Å². The highest BCUT2D eigenvalue weighted by molar-refractivity contribution is 6.31. The number of hydrogen-bond acceptors (Lipinski definition) is 2. The Morgan fingerprint density at radius 3 is 2.88 bits per heavy atom. The topological polar surface area (TPSA) is 27.0 Å². The zero-order valence-corrected chi connectivity index (χ0v) is 10.3. The smallest absolute Gasteiger partial charge is 0.142 e. The largest absolute Gasteiger partial charge is 0.295 e. The number of halogens is 2. The molecule has 1 aromatic carbocycles. The molecule has 0 heterocycles. The zero-order chi connectivity index (χ0) is 12.3. The SMILES string of the molecule is N#CCCN(Cc1cccc(F)c1Cl)C1CC1. The van der Waals surface area contributed by atoms with Gasteiger partial charge in [0.1, 0.15) is 5.82 Å². The summed E-state index contributed by atoms with van der Waals surface area (Å²) in [5.41, 5.74) is 0.802. The van der Waals surface area contributed by atoms with E-state index < -0.39 is 0 Å². The van der Waals surface area contributed by atoms with Gasteiger partial charge in [0.05, 0.1) is 11.1 Å². The Morgan fingerprint density at radius 1 is 1.47 bits per heavy atom. The minimum atomic E-state index is -0.375. The predicted octanol–water partition coefficient (Wildman–Crippen LogP) is 3.36. The van der Waals surface area contributed by atoms with E-state index in [1.807, 2.05) is 6.07 Å². The van der Waals surface area contributed by atoms with Gasteiger partial charge in [0.2, 0.25) is 0 Å². The van der Waals surface area contributed by atoms with Gasteiger partial charge in [-0.1, -0.05) is 23.7 Å². The normalized spacial score (nSPS) is 14.9. The maximum Gasteiger partial charge on any atom is 0.142 e. The molecule has 1 aliphatic rings. The van der Waals surface area contributed by atoms with Crippen LogP contribution in [0.1, 0.15) is 24.8 Å². The number of nitriles is 1. The Hall–Kier alpha value is -1.11. The summed E-state index contributed by atoms with van der Waals surface area (Å²) in [5, 5.41) is 8.82. The van der Waals surface area contributed by atoms with Gasteiger partial charge in [0.15, 0.2) is 0 Å². The third-order valence-corrected chi connectivity index (χ3v) is 3.40. The van der Waals surface area contributed by atoms with E-state index in [1.54, 1.807) is 6.07 Å². The molecule has 1 aliphatic carbocycles. The molecule has 1 fully saturated rings. The summed E-state index contributed by atoms with van der Waals surface area (Å²) in [6.45, 7) is 1.36. The summed E-state index contributed by atoms with van der Waals surface area (Å²) in [5.74, 6) is -0.375. The molecule has 0 unspecified atom stereocenters. The van der Waals surface area contributed by atoms with E-state index in [2.05, 4.69) is 11.0 Å². The van der Waals surface area contributed by atoms with Crippen molar-refractivity contribution in [2.75, 3.05) is 6.54 Å². The number of rotatable bonds is 5. The van der Waals surface area contributed by atoms with Crippen LogP contribution in [-0.2, 0) is 6.54 Å². The lowest BCUT2D eigenvalue weighted by atomic mass is 10.2. The van der Waals surface area contributed by atoms with Crippen molar-refractivity contribution in [2.24, 2.45) is 0 Å². The molecule has 0 N–H and O–H groups in total. The van der Waals surface area contributed by atoms with Crippen molar-refractivity contribution in [1.29, 1.82) is 5.26 Å². The second kappa shape index (κ2) is 5.48. The molecule has 0 aromatic heterocycles. The van der Waals surface area contributed by atoms with Crippen LogP contribution in [-0.4, -0.2) is 17.5 Å². The molecule has 1 saturated carbocycles. The molecule has 2 nitrogen and oxygen atoms in total. The molecule has 0 aliphatic heterocycles. The summed E-state index contributed by atoms with van der Waals surface area (Å²) in [7, 11) is 0. The van der Waals surface area contributed by atoms with Gasteiger partial charge in [0.25, 0.3) is 0 Å². The lowest BCUT2D eigenvalue weighted by Gasteiger charge is -2.21. The van der Waals surface area contributed by atoms with Crippen LogP contribution in [0, 0.1) is 17.1 Å². The first-order chi connectivity index (χ1) is 8.22. The third-order valence-electron chi connectivity index (χ3n) is 2.98. The number of benzene rings is 1. The quantitative estimate of drug-likeness (QED) is 0.804. The van der Waals surface area contributed by atoms with Crippen LogP contribution in [0.3, 0.4) is 0 Å². The van der Waals surface area contributed by atoms with E-state index in [-0.39, 0.29) is 10.8 Å². The van der Waals surface area contributed by atoms with E-state index in [4.69, 9.17) is 16.9 Å². The Kier molecular flexibility index (Phi) is 3.98. The highest BCUT2D eigenvalue weighted by atomic mass is 35.5. The summed E-state index contributed by atoms with van der Waals surface area (Å²) >= 11 is 5.93. The first-order valence-corrected chi connectivity index (χ1v) is 6.14. The lowest BCUT2D eigenvalue weighted by Crippen LogP contribution is -2.26. The number of nitrogens with zero attached hydrogens (tertiary/aromatic N) is 2. The monoisotopic (exact) mass is 252 g/mol. The average molecular weight is 253 g/mol. The van der Waals surface area contributed by atoms with Crippen LogP contribution < -0.4 is 0 Å². The number of hydrogen-bond donors (Lipinski definition) is 0. The molecular formula is C13H14ClFN2. The zero-order valence-electron chi connectivity index (χ0n) is 9.50. The average Bonchev–Trinajstić information content (AvgIpc) is 3.14. The third kappa shape index (κ3) is 3.18. The molecule has 4 heteroatoms. The van der Waals surface area contributed by atoms with Gasteiger partial charge in [-0.25, -0.2) is 4.39 Å². The second-order valence-electron chi connectivity index (χ2n) is 4.32.